The molecule has 0 bridgehead atoms. The molecule has 140 valence electrons. The molecule has 5 nitrogen and oxygen atoms in total. The average Bonchev–Trinajstić information content (AvgIpc) is 2.61. The minimum absolute atomic E-state index is 0.273. The van der Waals surface area contributed by atoms with Gasteiger partial charge in [-0.1, -0.05) is 24.0 Å². The highest BCUT2D eigenvalue weighted by Crippen LogP contribution is 2.11. The molecule has 0 aliphatic carbocycles. The third kappa shape index (κ3) is 6.95. The van der Waals surface area contributed by atoms with Gasteiger partial charge in [-0.3, -0.25) is 4.79 Å². The van der Waals surface area contributed by atoms with Gasteiger partial charge in [0.2, 0.25) is 5.91 Å². The molecule has 2 N–H and O–H groups in total. The lowest BCUT2D eigenvalue weighted by molar-refractivity contribution is 0.00627. The number of ether oxygens (including phenoxy) is 1. The van der Waals surface area contributed by atoms with Crippen molar-refractivity contribution in [3.63, 3.8) is 0 Å². The highest BCUT2D eigenvalue weighted by molar-refractivity contribution is 5.92. The molecule has 0 fully saturated rings. The monoisotopic (exact) mass is 364 g/mol. The lowest BCUT2D eigenvalue weighted by Crippen LogP contribution is -2.24. The van der Waals surface area contributed by atoms with Crippen molar-refractivity contribution >= 4 is 11.9 Å². The van der Waals surface area contributed by atoms with E-state index < -0.39 is 17.5 Å². The Balaban J connectivity index is 1.82. The number of nitrogens with zero attached hydrogens (tertiary/aromatic N) is 1. The van der Waals surface area contributed by atoms with E-state index in [-0.39, 0.29) is 5.69 Å². The van der Waals surface area contributed by atoms with Gasteiger partial charge in [0.25, 0.3) is 0 Å². The molecule has 2 rings (SSSR count). The number of nitrogens with two attached hydrogens (primary N) is 1. The van der Waals surface area contributed by atoms with E-state index in [0.29, 0.717) is 5.56 Å². The number of carbonyl (C=O) groups excluding carboxylic acids is 2. The molecular formula is C22H24N2O3. The quantitative estimate of drug-likeness (QED) is 0.500. The molecule has 0 aliphatic heterocycles. The van der Waals surface area contributed by atoms with Crippen LogP contribution in [0.1, 0.15) is 65.6 Å². The van der Waals surface area contributed by atoms with Crippen LogP contribution < -0.4 is 5.73 Å². The molecule has 5 heteroatoms. The van der Waals surface area contributed by atoms with Crippen molar-refractivity contribution in [2.24, 2.45) is 5.73 Å². The van der Waals surface area contributed by atoms with E-state index in [0.717, 1.165) is 30.4 Å². The number of primary amides is 1. The first kappa shape index (κ1) is 20.2. The number of aromatic nitrogens is 1. The average molecular weight is 364 g/mol. The number of carbonyl (C=O) groups is 2. The van der Waals surface area contributed by atoms with Gasteiger partial charge in [0, 0.05) is 23.7 Å². The van der Waals surface area contributed by atoms with Crippen LogP contribution in [0.3, 0.4) is 0 Å². The highest BCUT2D eigenvalue weighted by atomic mass is 16.6. The molecule has 0 saturated carbocycles. The number of rotatable bonds is 5. The zero-order chi connectivity index (χ0) is 19.9. The zero-order valence-electron chi connectivity index (χ0n) is 15.9. The SMILES string of the molecule is CC(C)(C)OC(=O)c1ccc(C#CCCCc2ccc(C(N)=O)cc2)cn1. The van der Waals surface area contributed by atoms with Gasteiger partial charge in [-0.25, -0.2) is 9.78 Å². The number of unbranched alkanes of at least 4 members (excludes halogenated alkanes) is 1. The zero-order valence-corrected chi connectivity index (χ0v) is 15.9. The number of pyridine rings is 1. The van der Waals surface area contributed by atoms with Crippen molar-refractivity contribution in [1.82, 2.24) is 4.98 Å². The molecule has 0 unspecified atom stereocenters. The molecule has 1 amide bonds. The van der Waals surface area contributed by atoms with Gasteiger partial charge >= 0.3 is 5.97 Å². The molecule has 1 aromatic carbocycles. The second-order valence-electron chi connectivity index (χ2n) is 7.15. The van der Waals surface area contributed by atoms with Crippen molar-refractivity contribution in [2.75, 3.05) is 0 Å². The molecule has 0 atom stereocenters. The number of amides is 1. The Kier molecular flexibility index (Phi) is 6.73. The number of hydrogen-bond donors (Lipinski definition) is 1. The van der Waals surface area contributed by atoms with Crippen LogP contribution in [-0.2, 0) is 11.2 Å². The van der Waals surface area contributed by atoms with Crippen molar-refractivity contribution < 1.29 is 14.3 Å². The van der Waals surface area contributed by atoms with E-state index in [1.807, 2.05) is 32.9 Å². The van der Waals surface area contributed by atoms with Crippen LogP contribution in [0, 0.1) is 11.8 Å². The second-order valence-corrected chi connectivity index (χ2v) is 7.15. The molecule has 1 heterocycles. The summed E-state index contributed by atoms with van der Waals surface area (Å²) in [6.07, 6.45) is 4.11. The largest absolute Gasteiger partial charge is 0.455 e. The maximum atomic E-state index is 11.9. The molecule has 0 radical (unpaired) electrons. The Labute approximate surface area is 159 Å². The van der Waals surface area contributed by atoms with E-state index in [9.17, 15) is 9.59 Å². The summed E-state index contributed by atoms with van der Waals surface area (Å²) in [7, 11) is 0. The van der Waals surface area contributed by atoms with E-state index in [1.165, 1.54) is 0 Å². The normalized spacial score (nSPS) is 10.6. The fourth-order valence-corrected chi connectivity index (χ4v) is 2.30. The summed E-state index contributed by atoms with van der Waals surface area (Å²) >= 11 is 0. The Morgan fingerprint density at radius 2 is 1.81 bits per heavy atom. The van der Waals surface area contributed by atoms with Crippen molar-refractivity contribution in [3.05, 3.63) is 65.0 Å². The van der Waals surface area contributed by atoms with Crippen LogP contribution >= 0.6 is 0 Å². The molecular weight excluding hydrogens is 340 g/mol. The van der Waals surface area contributed by atoms with E-state index >= 15 is 0 Å². The summed E-state index contributed by atoms with van der Waals surface area (Å²) in [4.78, 5) is 27.1. The molecule has 1 aromatic heterocycles. The molecule has 27 heavy (non-hydrogen) atoms. The van der Waals surface area contributed by atoms with E-state index in [4.69, 9.17) is 10.5 Å². The first-order valence-corrected chi connectivity index (χ1v) is 8.81. The minimum atomic E-state index is -0.544. The van der Waals surface area contributed by atoms with Crippen LogP contribution in [0.2, 0.25) is 0 Å². The third-order valence-electron chi connectivity index (χ3n) is 3.61. The lowest BCUT2D eigenvalue weighted by atomic mass is 10.1. The standard InChI is InChI=1S/C22H24N2O3/c1-22(2,3)27-21(26)19-14-11-17(15-24-19)8-6-4-5-7-16-9-12-18(13-10-16)20(23)25/h9-15H,4-5,7H2,1-3H3,(H2,23,25). The summed E-state index contributed by atoms with van der Waals surface area (Å²) in [6, 6.07) is 10.7. The lowest BCUT2D eigenvalue weighted by Gasteiger charge is -2.18. The predicted molar refractivity (Wildman–Crippen MR) is 104 cm³/mol. The summed E-state index contributed by atoms with van der Waals surface area (Å²) in [6.45, 7) is 5.45. The maximum absolute atomic E-state index is 11.9. The maximum Gasteiger partial charge on any atom is 0.357 e. The minimum Gasteiger partial charge on any atom is -0.455 e. The third-order valence-corrected chi connectivity index (χ3v) is 3.61. The molecule has 0 aliphatic rings. The summed E-state index contributed by atoms with van der Waals surface area (Å²) in [5.74, 6) is 5.29. The Hall–Kier alpha value is -3.13. The highest BCUT2D eigenvalue weighted by Gasteiger charge is 2.18. The smallest absolute Gasteiger partial charge is 0.357 e. The topological polar surface area (TPSA) is 82.3 Å². The number of esters is 1. The summed E-state index contributed by atoms with van der Waals surface area (Å²) < 4.78 is 5.28. The Bertz CT molecular complexity index is 852. The summed E-state index contributed by atoms with van der Waals surface area (Å²) in [5, 5.41) is 0. The predicted octanol–water partition coefficient (Wildman–Crippen LogP) is 3.51. The van der Waals surface area contributed by atoms with Crippen LogP contribution in [0.25, 0.3) is 0 Å². The van der Waals surface area contributed by atoms with E-state index in [1.54, 1.807) is 30.5 Å². The molecule has 2 aromatic rings. The molecule has 0 spiro atoms. The first-order valence-electron chi connectivity index (χ1n) is 8.81. The fraction of sp³-hybridized carbons (Fsp3) is 0.318. The van der Waals surface area contributed by atoms with Gasteiger partial charge in [-0.05, 0) is 63.4 Å². The Morgan fingerprint density at radius 1 is 1.11 bits per heavy atom. The fourth-order valence-electron chi connectivity index (χ4n) is 2.30. The second kappa shape index (κ2) is 9.00. The summed E-state index contributed by atoms with van der Waals surface area (Å²) in [5.41, 5.74) is 7.37. The molecule has 0 saturated heterocycles. The van der Waals surface area contributed by atoms with Gasteiger partial charge in [-0.2, -0.15) is 0 Å². The van der Waals surface area contributed by atoms with Crippen LogP contribution in [0.5, 0.6) is 0 Å². The van der Waals surface area contributed by atoms with Crippen molar-refractivity contribution in [1.29, 1.82) is 0 Å². The van der Waals surface area contributed by atoms with Gasteiger partial charge in [-0.15, -0.1) is 0 Å². The number of hydrogen-bond acceptors (Lipinski definition) is 4. The van der Waals surface area contributed by atoms with Gasteiger partial charge < -0.3 is 10.5 Å². The van der Waals surface area contributed by atoms with Crippen LogP contribution in [0.4, 0.5) is 0 Å². The van der Waals surface area contributed by atoms with E-state index in [2.05, 4.69) is 16.8 Å². The Morgan fingerprint density at radius 3 is 2.37 bits per heavy atom. The van der Waals surface area contributed by atoms with Crippen LogP contribution in [0.15, 0.2) is 42.6 Å². The van der Waals surface area contributed by atoms with Crippen molar-refractivity contribution in [3.8, 4) is 11.8 Å². The van der Waals surface area contributed by atoms with Crippen LogP contribution in [-0.4, -0.2) is 22.5 Å². The van der Waals surface area contributed by atoms with Gasteiger partial charge in [0.1, 0.15) is 11.3 Å². The van der Waals surface area contributed by atoms with Gasteiger partial charge in [0.15, 0.2) is 0 Å². The van der Waals surface area contributed by atoms with Gasteiger partial charge in [0.05, 0.1) is 0 Å². The first-order chi connectivity index (χ1) is 12.7. The number of benzene rings is 1. The number of aryl methyl sites for hydroxylation is 1. The van der Waals surface area contributed by atoms with Crippen molar-refractivity contribution in [2.45, 2.75) is 45.6 Å².